The van der Waals surface area contributed by atoms with Gasteiger partial charge >= 0.3 is 6.36 Å². The molecular weight excluding hydrogens is 474 g/mol. The number of hydrogen-bond acceptors (Lipinski definition) is 6. The number of rotatable bonds is 4. The first-order valence-electron chi connectivity index (χ1n) is 11.5. The number of hydrogen-bond donors (Lipinski definition) is 1. The van der Waals surface area contributed by atoms with Crippen molar-refractivity contribution in [2.45, 2.75) is 31.2 Å². The number of nitrogens with two attached hydrogens (primary N) is 1. The summed E-state index contributed by atoms with van der Waals surface area (Å²) in [6.45, 7) is 1.17. The van der Waals surface area contributed by atoms with E-state index in [1.807, 2.05) is 11.0 Å². The smallest absolute Gasteiger partial charge is 0.406 e. The predicted octanol–water partition coefficient (Wildman–Crippen LogP) is 5.24. The van der Waals surface area contributed by atoms with E-state index >= 15 is 0 Å². The molecule has 5 rings (SSSR count). The summed E-state index contributed by atoms with van der Waals surface area (Å²) >= 11 is 0. The number of benzene rings is 2. The van der Waals surface area contributed by atoms with Gasteiger partial charge in [0.1, 0.15) is 11.6 Å². The maximum absolute atomic E-state index is 14.5. The molecule has 10 heteroatoms. The Morgan fingerprint density at radius 3 is 2.50 bits per heavy atom. The maximum Gasteiger partial charge on any atom is 0.573 e. The molecule has 1 aromatic heterocycles. The van der Waals surface area contributed by atoms with Crippen LogP contribution in [0.1, 0.15) is 30.4 Å². The monoisotopic (exact) mass is 497 g/mol. The summed E-state index contributed by atoms with van der Waals surface area (Å²) in [7, 11) is 0. The number of halogens is 4. The molecule has 0 saturated heterocycles. The van der Waals surface area contributed by atoms with Crippen molar-refractivity contribution in [1.82, 2.24) is 9.88 Å². The number of guanidine groups is 1. The lowest BCUT2D eigenvalue weighted by Crippen LogP contribution is -2.45. The van der Waals surface area contributed by atoms with Crippen LogP contribution in [0.25, 0.3) is 11.1 Å². The van der Waals surface area contributed by atoms with Crippen LogP contribution in [0.2, 0.25) is 0 Å². The largest absolute Gasteiger partial charge is 0.573 e. The average Bonchev–Trinajstić information content (AvgIpc) is 3.09. The molecular formula is C26H23F4N5O. The lowest BCUT2D eigenvalue weighted by atomic mass is 9.81. The number of alkyl halides is 3. The molecule has 1 atom stereocenters. The van der Waals surface area contributed by atoms with Crippen molar-refractivity contribution in [3.8, 4) is 16.9 Å². The molecule has 0 radical (unpaired) electrons. The van der Waals surface area contributed by atoms with Crippen LogP contribution in [0.3, 0.4) is 0 Å². The summed E-state index contributed by atoms with van der Waals surface area (Å²) in [5.74, 6) is -0.104. The Hall–Kier alpha value is -3.95. The van der Waals surface area contributed by atoms with Crippen LogP contribution in [0.15, 0.2) is 76.8 Å². The van der Waals surface area contributed by atoms with E-state index in [2.05, 4.69) is 9.72 Å². The highest BCUT2D eigenvalue weighted by molar-refractivity contribution is 6.12. The Kier molecular flexibility index (Phi) is 6.11. The SMILES string of the molecule is NC1=NC(c2ccc(OC(F)(F)F)cc2)(c2cccc(-c3cccnc3F)c2)/C2=N/CCCCCN12. The molecule has 3 aromatic rings. The Labute approximate surface area is 205 Å². The van der Waals surface area contributed by atoms with Gasteiger partial charge in [-0.3, -0.25) is 9.89 Å². The average molecular weight is 497 g/mol. The number of ether oxygens (including phenoxy) is 1. The standard InChI is InChI=1S/C26H23F4N5O/c27-22-21(8-5-14-32-22)17-6-4-7-19(16-17)25(18-9-11-20(12-10-18)36-26(28,29)30)23-33-13-2-1-3-15-35(23)24(31)34-25/h4-12,14,16H,1-3,13,15H2,(H2,31,34)/b33-23-. The van der Waals surface area contributed by atoms with Gasteiger partial charge in [-0.05, 0) is 66.3 Å². The van der Waals surface area contributed by atoms with Crippen LogP contribution >= 0.6 is 0 Å². The molecule has 186 valence electrons. The Morgan fingerprint density at radius 1 is 0.944 bits per heavy atom. The predicted molar refractivity (Wildman–Crippen MR) is 128 cm³/mol. The minimum Gasteiger partial charge on any atom is -0.406 e. The van der Waals surface area contributed by atoms with Crippen LogP contribution in [-0.2, 0) is 5.54 Å². The summed E-state index contributed by atoms with van der Waals surface area (Å²) in [6, 6.07) is 16.0. The summed E-state index contributed by atoms with van der Waals surface area (Å²) < 4.78 is 56.8. The second kappa shape index (κ2) is 9.25. The zero-order valence-corrected chi connectivity index (χ0v) is 19.2. The third-order valence-electron chi connectivity index (χ3n) is 6.30. The lowest BCUT2D eigenvalue weighted by molar-refractivity contribution is -0.274. The van der Waals surface area contributed by atoms with Gasteiger partial charge < -0.3 is 10.5 Å². The zero-order valence-electron chi connectivity index (χ0n) is 19.2. The Bertz CT molecular complexity index is 1320. The summed E-state index contributed by atoms with van der Waals surface area (Å²) in [5, 5.41) is 0. The Morgan fingerprint density at radius 2 is 1.75 bits per heavy atom. The highest BCUT2D eigenvalue weighted by Gasteiger charge is 2.48. The first kappa shape index (κ1) is 23.8. The van der Waals surface area contributed by atoms with E-state index in [1.54, 1.807) is 30.3 Å². The van der Waals surface area contributed by atoms with E-state index < -0.39 is 17.8 Å². The maximum atomic E-state index is 14.5. The molecule has 2 aliphatic heterocycles. The van der Waals surface area contributed by atoms with E-state index in [0.29, 0.717) is 41.2 Å². The molecule has 0 amide bonds. The third-order valence-corrected chi connectivity index (χ3v) is 6.30. The van der Waals surface area contributed by atoms with E-state index in [-0.39, 0.29) is 11.7 Å². The quantitative estimate of drug-likeness (QED) is 0.395. The van der Waals surface area contributed by atoms with Gasteiger partial charge in [0.15, 0.2) is 11.5 Å². The minimum absolute atomic E-state index is 0.268. The van der Waals surface area contributed by atoms with Crippen LogP contribution in [-0.4, -0.2) is 41.1 Å². The topological polar surface area (TPSA) is 76.1 Å². The van der Waals surface area contributed by atoms with Crippen molar-refractivity contribution in [2.24, 2.45) is 15.7 Å². The van der Waals surface area contributed by atoms with Crippen molar-refractivity contribution in [3.63, 3.8) is 0 Å². The number of fused-ring (bicyclic) bond motifs is 1. The number of pyridine rings is 1. The molecule has 2 N–H and O–H groups in total. The van der Waals surface area contributed by atoms with Gasteiger partial charge in [0, 0.05) is 24.8 Å². The molecule has 2 aliphatic rings. The first-order valence-corrected chi connectivity index (χ1v) is 11.5. The number of amidine groups is 1. The molecule has 3 heterocycles. The van der Waals surface area contributed by atoms with Crippen LogP contribution < -0.4 is 10.5 Å². The molecule has 2 aromatic carbocycles. The van der Waals surface area contributed by atoms with E-state index in [1.165, 1.54) is 30.5 Å². The lowest BCUT2D eigenvalue weighted by Gasteiger charge is -2.32. The van der Waals surface area contributed by atoms with Gasteiger partial charge in [-0.2, -0.15) is 4.39 Å². The van der Waals surface area contributed by atoms with Gasteiger partial charge in [-0.25, -0.2) is 9.98 Å². The summed E-state index contributed by atoms with van der Waals surface area (Å²) in [4.78, 5) is 15.3. The van der Waals surface area contributed by atoms with Gasteiger partial charge in [0.2, 0.25) is 5.95 Å². The fourth-order valence-corrected chi connectivity index (χ4v) is 4.71. The molecule has 6 nitrogen and oxygen atoms in total. The van der Waals surface area contributed by atoms with Gasteiger partial charge in [0.05, 0.1) is 0 Å². The van der Waals surface area contributed by atoms with Gasteiger partial charge in [0.25, 0.3) is 0 Å². The fraction of sp³-hybridized carbons (Fsp3) is 0.269. The minimum atomic E-state index is -4.81. The molecule has 1 unspecified atom stereocenters. The molecule has 36 heavy (non-hydrogen) atoms. The molecule has 0 bridgehead atoms. The third kappa shape index (κ3) is 4.38. The van der Waals surface area contributed by atoms with Crippen molar-refractivity contribution >= 4 is 11.8 Å². The first-order chi connectivity index (χ1) is 17.3. The summed E-state index contributed by atoms with van der Waals surface area (Å²) in [5.41, 5.74) is 7.27. The summed E-state index contributed by atoms with van der Waals surface area (Å²) in [6.07, 6.45) is -0.653. The highest BCUT2D eigenvalue weighted by atomic mass is 19.4. The number of aromatic nitrogens is 1. The molecule has 0 spiro atoms. The molecule has 0 saturated carbocycles. The highest BCUT2D eigenvalue weighted by Crippen LogP contribution is 2.43. The molecule has 0 aliphatic carbocycles. The van der Waals surface area contributed by atoms with Gasteiger partial charge in [-0.15, -0.1) is 13.2 Å². The second-order valence-electron chi connectivity index (χ2n) is 8.59. The zero-order chi connectivity index (χ0) is 25.3. The van der Waals surface area contributed by atoms with E-state index in [9.17, 15) is 17.6 Å². The fourth-order valence-electron chi connectivity index (χ4n) is 4.71. The van der Waals surface area contributed by atoms with E-state index in [4.69, 9.17) is 15.7 Å². The van der Waals surface area contributed by atoms with Crippen molar-refractivity contribution < 1.29 is 22.3 Å². The van der Waals surface area contributed by atoms with Crippen LogP contribution in [0.5, 0.6) is 5.75 Å². The van der Waals surface area contributed by atoms with Crippen LogP contribution in [0.4, 0.5) is 17.6 Å². The number of nitrogens with zero attached hydrogens (tertiary/aromatic N) is 4. The van der Waals surface area contributed by atoms with Crippen LogP contribution in [0, 0.1) is 5.95 Å². The Balaban J connectivity index is 1.69. The normalized spacial score (nSPS) is 21.6. The van der Waals surface area contributed by atoms with Crippen molar-refractivity contribution in [1.29, 1.82) is 0 Å². The molecule has 0 fully saturated rings. The van der Waals surface area contributed by atoms with E-state index in [0.717, 1.165) is 19.3 Å². The number of aliphatic imine (C=N–C) groups is 2. The second-order valence-corrected chi connectivity index (χ2v) is 8.59. The van der Waals surface area contributed by atoms with Crippen molar-refractivity contribution in [3.05, 3.63) is 83.9 Å². The van der Waals surface area contributed by atoms with Crippen molar-refractivity contribution in [2.75, 3.05) is 13.1 Å². The van der Waals surface area contributed by atoms with Gasteiger partial charge in [-0.1, -0.05) is 30.3 Å².